The van der Waals surface area contributed by atoms with Crippen LogP contribution in [0.25, 0.3) is 0 Å². The van der Waals surface area contributed by atoms with Crippen molar-refractivity contribution in [1.29, 1.82) is 0 Å². The van der Waals surface area contributed by atoms with Crippen LogP contribution in [0, 0.1) is 6.92 Å². The molecule has 2 rings (SSSR count). The Balaban J connectivity index is 1.99. The second-order valence-corrected chi connectivity index (χ2v) is 5.15. The van der Waals surface area contributed by atoms with Crippen molar-refractivity contribution < 1.29 is 9.53 Å². The third kappa shape index (κ3) is 2.86. The summed E-state index contributed by atoms with van der Waals surface area (Å²) in [4.78, 5) is 12.0. The molecule has 1 fully saturated rings. The van der Waals surface area contributed by atoms with Gasteiger partial charge in [0, 0.05) is 17.9 Å². The molecule has 0 N–H and O–H groups in total. The van der Waals surface area contributed by atoms with Crippen LogP contribution in [-0.2, 0) is 16.0 Å². The number of carbonyl (C=O) groups excluding carboxylic acids is 1. The molecule has 1 aliphatic heterocycles. The summed E-state index contributed by atoms with van der Waals surface area (Å²) in [5.41, 5.74) is 2.30. The molecule has 1 saturated heterocycles. The predicted octanol–water partition coefficient (Wildman–Crippen LogP) is 2.24. The predicted molar refractivity (Wildman–Crippen MR) is 67.0 cm³/mol. The van der Waals surface area contributed by atoms with E-state index in [2.05, 4.69) is 0 Å². The standard InChI is InChI=1S/C13H16O2S/c1-10-4-2-3-5-11(10)8-12(14)13-9-16-7-6-15-13/h2-5,13H,6-9H2,1H3. The number of aryl methyl sites for hydroxylation is 1. The van der Waals surface area contributed by atoms with Gasteiger partial charge in [-0.25, -0.2) is 0 Å². The van der Waals surface area contributed by atoms with Gasteiger partial charge in [0.2, 0.25) is 0 Å². The van der Waals surface area contributed by atoms with Gasteiger partial charge in [-0.1, -0.05) is 24.3 Å². The van der Waals surface area contributed by atoms with Crippen molar-refractivity contribution in [3.05, 3.63) is 35.4 Å². The van der Waals surface area contributed by atoms with Crippen molar-refractivity contribution >= 4 is 17.5 Å². The summed E-state index contributed by atoms with van der Waals surface area (Å²) in [6.07, 6.45) is 0.302. The van der Waals surface area contributed by atoms with Crippen LogP contribution in [0.1, 0.15) is 11.1 Å². The van der Waals surface area contributed by atoms with E-state index in [1.54, 1.807) is 11.8 Å². The highest BCUT2D eigenvalue weighted by Crippen LogP contribution is 2.16. The van der Waals surface area contributed by atoms with E-state index in [0.29, 0.717) is 13.0 Å². The molecule has 0 amide bonds. The quantitative estimate of drug-likeness (QED) is 0.805. The number of rotatable bonds is 3. The summed E-state index contributed by atoms with van der Waals surface area (Å²) in [5, 5.41) is 0. The van der Waals surface area contributed by atoms with Crippen molar-refractivity contribution in [3.63, 3.8) is 0 Å². The number of hydrogen-bond acceptors (Lipinski definition) is 3. The Morgan fingerprint density at radius 3 is 3.00 bits per heavy atom. The van der Waals surface area contributed by atoms with Crippen LogP contribution in [0.3, 0.4) is 0 Å². The van der Waals surface area contributed by atoms with Crippen LogP contribution in [0.2, 0.25) is 0 Å². The summed E-state index contributed by atoms with van der Waals surface area (Å²) in [5.74, 6) is 2.03. The minimum atomic E-state index is -0.196. The molecule has 1 aliphatic rings. The first-order valence-electron chi connectivity index (χ1n) is 5.54. The van der Waals surface area contributed by atoms with E-state index in [4.69, 9.17) is 4.74 Å². The number of carbonyl (C=O) groups is 1. The van der Waals surface area contributed by atoms with Crippen molar-refractivity contribution in [3.8, 4) is 0 Å². The Labute approximate surface area is 100 Å². The molecule has 0 radical (unpaired) electrons. The first-order valence-corrected chi connectivity index (χ1v) is 6.69. The van der Waals surface area contributed by atoms with E-state index in [0.717, 1.165) is 17.1 Å². The molecule has 0 aromatic heterocycles. The highest BCUT2D eigenvalue weighted by Gasteiger charge is 2.22. The fourth-order valence-corrected chi connectivity index (χ4v) is 2.66. The molecule has 86 valence electrons. The maximum atomic E-state index is 12.0. The fraction of sp³-hybridized carbons (Fsp3) is 0.462. The molecule has 3 heteroatoms. The van der Waals surface area contributed by atoms with Gasteiger partial charge >= 0.3 is 0 Å². The molecule has 1 atom stereocenters. The number of Topliss-reactive ketones (excluding diaryl/α,β-unsaturated/α-hetero) is 1. The van der Waals surface area contributed by atoms with Gasteiger partial charge in [0.05, 0.1) is 6.61 Å². The maximum Gasteiger partial charge on any atom is 0.166 e. The number of thioether (sulfide) groups is 1. The van der Waals surface area contributed by atoms with Gasteiger partial charge in [0.25, 0.3) is 0 Å². The second-order valence-electron chi connectivity index (χ2n) is 4.00. The third-order valence-electron chi connectivity index (χ3n) is 2.80. The highest BCUT2D eigenvalue weighted by molar-refractivity contribution is 7.99. The Bertz CT molecular complexity index is 370. The van der Waals surface area contributed by atoms with Gasteiger partial charge in [0.15, 0.2) is 5.78 Å². The topological polar surface area (TPSA) is 26.3 Å². The van der Waals surface area contributed by atoms with Crippen LogP contribution in [0.15, 0.2) is 24.3 Å². The molecule has 0 bridgehead atoms. The number of hydrogen-bond donors (Lipinski definition) is 0. The van der Waals surface area contributed by atoms with Crippen molar-refractivity contribution in [2.75, 3.05) is 18.1 Å². The average Bonchev–Trinajstić information content (AvgIpc) is 2.33. The fourth-order valence-electron chi connectivity index (χ4n) is 1.78. The minimum absolute atomic E-state index is 0.196. The first kappa shape index (κ1) is 11.7. The van der Waals surface area contributed by atoms with E-state index in [-0.39, 0.29) is 11.9 Å². The molecule has 2 nitrogen and oxygen atoms in total. The zero-order valence-electron chi connectivity index (χ0n) is 9.44. The summed E-state index contributed by atoms with van der Waals surface area (Å²) in [6.45, 7) is 2.74. The maximum absolute atomic E-state index is 12.0. The lowest BCUT2D eigenvalue weighted by Gasteiger charge is -2.21. The molecular formula is C13H16O2S. The van der Waals surface area contributed by atoms with Crippen LogP contribution in [0.5, 0.6) is 0 Å². The summed E-state index contributed by atoms with van der Waals surface area (Å²) in [6, 6.07) is 8.03. The molecule has 0 saturated carbocycles. The average molecular weight is 236 g/mol. The van der Waals surface area contributed by atoms with Gasteiger partial charge < -0.3 is 4.74 Å². The summed E-state index contributed by atoms with van der Waals surface area (Å²) in [7, 11) is 0. The van der Waals surface area contributed by atoms with Crippen LogP contribution in [-0.4, -0.2) is 30.0 Å². The second kappa shape index (κ2) is 5.51. The lowest BCUT2D eigenvalue weighted by atomic mass is 10.0. The number of ether oxygens (including phenoxy) is 1. The molecule has 1 aromatic rings. The lowest BCUT2D eigenvalue weighted by Crippen LogP contribution is -2.32. The van der Waals surface area contributed by atoms with Gasteiger partial charge in [-0.2, -0.15) is 11.8 Å². The Kier molecular flexibility index (Phi) is 4.02. The molecule has 1 heterocycles. The zero-order chi connectivity index (χ0) is 11.4. The van der Waals surface area contributed by atoms with Gasteiger partial charge in [0.1, 0.15) is 6.10 Å². The summed E-state index contributed by atoms with van der Waals surface area (Å²) >= 11 is 1.80. The van der Waals surface area contributed by atoms with Crippen LogP contribution < -0.4 is 0 Å². The first-order chi connectivity index (χ1) is 7.77. The minimum Gasteiger partial charge on any atom is -0.369 e. The van der Waals surface area contributed by atoms with Crippen molar-refractivity contribution in [2.24, 2.45) is 0 Å². The highest BCUT2D eigenvalue weighted by atomic mass is 32.2. The smallest absolute Gasteiger partial charge is 0.166 e. The lowest BCUT2D eigenvalue weighted by molar-refractivity contribution is -0.128. The van der Waals surface area contributed by atoms with E-state index in [9.17, 15) is 4.79 Å². The number of benzene rings is 1. The van der Waals surface area contributed by atoms with Gasteiger partial charge in [-0.3, -0.25) is 4.79 Å². The van der Waals surface area contributed by atoms with Gasteiger partial charge in [-0.15, -0.1) is 0 Å². The van der Waals surface area contributed by atoms with E-state index >= 15 is 0 Å². The number of ketones is 1. The molecule has 16 heavy (non-hydrogen) atoms. The van der Waals surface area contributed by atoms with Crippen LogP contribution in [0.4, 0.5) is 0 Å². The monoisotopic (exact) mass is 236 g/mol. The van der Waals surface area contributed by atoms with Crippen LogP contribution >= 0.6 is 11.8 Å². The summed E-state index contributed by atoms with van der Waals surface area (Å²) < 4.78 is 5.48. The molecule has 1 aromatic carbocycles. The van der Waals surface area contributed by atoms with Crippen molar-refractivity contribution in [2.45, 2.75) is 19.4 Å². The van der Waals surface area contributed by atoms with Gasteiger partial charge in [-0.05, 0) is 18.1 Å². The molecular weight excluding hydrogens is 220 g/mol. The van der Waals surface area contributed by atoms with E-state index < -0.39 is 0 Å². The molecule has 0 spiro atoms. The van der Waals surface area contributed by atoms with Crippen molar-refractivity contribution in [1.82, 2.24) is 0 Å². The SMILES string of the molecule is Cc1ccccc1CC(=O)C1CSCCO1. The van der Waals surface area contributed by atoms with E-state index in [1.165, 1.54) is 5.56 Å². The largest absolute Gasteiger partial charge is 0.369 e. The third-order valence-corrected chi connectivity index (χ3v) is 3.79. The molecule has 0 aliphatic carbocycles. The Hall–Kier alpha value is -0.800. The van der Waals surface area contributed by atoms with E-state index in [1.807, 2.05) is 31.2 Å². The molecule has 1 unspecified atom stereocenters. The Morgan fingerprint density at radius 1 is 1.50 bits per heavy atom. The zero-order valence-corrected chi connectivity index (χ0v) is 10.3. The Morgan fingerprint density at radius 2 is 2.31 bits per heavy atom. The normalized spacial score (nSPS) is 20.7.